The van der Waals surface area contributed by atoms with Gasteiger partial charge in [-0.15, -0.1) is 0 Å². The highest BCUT2D eigenvalue weighted by atomic mass is 35.5. The van der Waals surface area contributed by atoms with Crippen molar-refractivity contribution in [3.05, 3.63) is 101 Å². The number of aryl methyl sites for hydroxylation is 1. The van der Waals surface area contributed by atoms with Crippen molar-refractivity contribution in [2.75, 3.05) is 17.7 Å². The Hall–Kier alpha value is -4.10. The van der Waals surface area contributed by atoms with Crippen LogP contribution in [0, 0.1) is 12.7 Å². The molecule has 2 aromatic heterocycles. The number of halogens is 2. The van der Waals surface area contributed by atoms with Crippen LogP contribution in [0.1, 0.15) is 41.6 Å². The monoisotopic (exact) mass is 557 g/mol. The van der Waals surface area contributed by atoms with Gasteiger partial charge in [0.1, 0.15) is 17.9 Å². The van der Waals surface area contributed by atoms with Crippen LogP contribution in [0.4, 0.5) is 21.6 Å². The molecule has 2 aromatic carbocycles. The van der Waals surface area contributed by atoms with Gasteiger partial charge in [0.25, 0.3) is 0 Å². The third-order valence-electron chi connectivity index (χ3n) is 7.58. The molecule has 0 radical (unpaired) electrons. The normalized spacial score (nSPS) is 14.8. The molecule has 0 unspecified atom stereocenters. The Kier molecular flexibility index (Phi) is 7.94. The van der Waals surface area contributed by atoms with Gasteiger partial charge >= 0.3 is 0 Å². The maximum atomic E-state index is 14.1. The molecule has 6 nitrogen and oxygen atoms in total. The van der Waals surface area contributed by atoms with Gasteiger partial charge in [-0.3, -0.25) is 0 Å². The van der Waals surface area contributed by atoms with E-state index in [1.165, 1.54) is 18.1 Å². The van der Waals surface area contributed by atoms with Gasteiger partial charge in [0.05, 0.1) is 22.1 Å². The number of anilines is 3. The van der Waals surface area contributed by atoms with Crippen LogP contribution in [0.3, 0.4) is 0 Å². The van der Waals surface area contributed by atoms with Crippen molar-refractivity contribution in [3.63, 3.8) is 0 Å². The standard InChI is InChI=1S/C23H23ClFN5.C9H10O/c1-13-19-17(12-23(30-13)8-4-9-23)29-21(14-7-10-27-18(11-14)26-2)22(19)28-16-6-3-5-15(25)20(16)24;1-8-2-4-9(5-3-8)6-7-10/h3,5-7,10-11,28-30H,1,4,8-9,12H2,2H3,(H,26,27);2-5,7H,6H2,1H3. The van der Waals surface area contributed by atoms with Gasteiger partial charge < -0.3 is 25.7 Å². The molecule has 0 amide bonds. The molecule has 6 rings (SSSR count). The first-order chi connectivity index (χ1) is 19.3. The number of carbonyl (C=O) groups is 1. The van der Waals surface area contributed by atoms with Gasteiger partial charge in [0, 0.05) is 54.1 Å². The van der Waals surface area contributed by atoms with Crippen LogP contribution in [-0.4, -0.2) is 28.8 Å². The minimum atomic E-state index is -0.459. The number of nitrogens with zero attached hydrogens (tertiary/aromatic N) is 1. The Balaban J connectivity index is 0.000000274. The lowest BCUT2D eigenvalue weighted by Gasteiger charge is -2.46. The fraction of sp³-hybridized carbons (Fsp3) is 0.250. The highest BCUT2D eigenvalue weighted by Gasteiger charge is 2.42. The van der Waals surface area contributed by atoms with E-state index in [1.807, 2.05) is 50.4 Å². The van der Waals surface area contributed by atoms with Crippen LogP contribution >= 0.6 is 11.6 Å². The average Bonchev–Trinajstić information content (AvgIpc) is 3.30. The molecule has 8 heteroatoms. The Bertz CT molecular complexity index is 1540. The summed E-state index contributed by atoms with van der Waals surface area (Å²) in [6, 6.07) is 16.7. The van der Waals surface area contributed by atoms with E-state index in [0.29, 0.717) is 12.1 Å². The molecule has 206 valence electrons. The van der Waals surface area contributed by atoms with Crippen molar-refractivity contribution >= 4 is 40.8 Å². The SMILES string of the molecule is C=C1NC2(CCC2)Cc2[nH]c(-c3ccnc(NC)c3)c(Nc3cccc(F)c3Cl)c21.Cc1ccc(CC=O)cc1. The second-order valence-electron chi connectivity index (χ2n) is 10.4. The number of aldehydes is 1. The maximum absolute atomic E-state index is 14.1. The minimum Gasteiger partial charge on any atom is -0.379 e. The number of carbonyl (C=O) groups excluding carboxylic acids is 1. The topological polar surface area (TPSA) is 81.8 Å². The predicted molar refractivity (Wildman–Crippen MR) is 162 cm³/mol. The van der Waals surface area contributed by atoms with Gasteiger partial charge in [0.15, 0.2) is 0 Å². The van der Waals surface area contributed by atoms with Crippen LogP contribution in [0.2, 0.25) is 5.02 Å². The van der Waals surface area contributed by atoms with E-state index < -0.39 is 5.82 Å². The fourth-order valence-corrected chi connectivity index (χ4v) is 5.48. The zero-order valence-corrected chi connectivity index (χ0v) is 23.5. The number of hydrogen-bond acceptors (Lipinski definition) is 5. The summed E-state index contributed by atoms with van der Waals surface area (Å²) < 4.78 is 14.1. The number of hydrogen-bond donors (Lipinski definition) is 4. The van der Waals surface area contributed by atoms with Gasteiger partial charge in [-0.1, -0.05) is 54.1 Å². The first-order valence-electron chi connectivity index (χ1n) is 13.4. The van der Waals surface area contributed by atoms with Gasteiger partial charge in [-0.25, -0.2) is 9.37 Å². The summed E-state index contributed by atoms with van der Waals surface area (Å²) in [7, 11) is 1.84. The molecule has 1 fully saturated rings. The summed E-state index contributed by atoms with van der Waals surface area (Å²) in [5, 5.41) is 10.2. The Labute approximate surface area is 239 Å². The summed E-state index contributed by atoms with van der Waals surface area (Å²) in [4.78, 5) is 18.0. The second kappa shape index (κ2) is 11.6. The minimum absolute atomic E-state index is 0.0638. The number of rotatable bonds is 6. The quantitative estimate of drug-likeness (QED) is 0.185. The van der Waals surface area contributed by atoms with Crippen molar-refractivity contribution < 1.29 is 9.18 Å². The third kappa shape index (κ3) is 5.61. The molecule has 0 bridgehead atoms. The number of aromatic amines is 1. The largest absolute Gasteiger partial charge is 0.379 e. The lowest BCUT2D eigenvalue weighted by Crippen LogP contribution is -2.53. The smallest absolute Gasteiger partial charge is 0.143 e. The first-order valence-corrected chi connectivity index (χ1v) is 13.8. The molecule has 1 aliphatic heterocycles. The number of fused-ring (bicyclic) bond motifs is 1. The maximum Gasteiger partial charge on any atom is 0.143 e. The number of pyridine rings is 1. The number of H-pyrrole nitrogens is 1. The first kappa shape index (κ1) is 27.5. The van der Waals surface area contributed by atoms with Crippen molar-refractivity contribution in [3.8, 4) is 11.3 Å². The molecule has 0 atom stereocenters. The van der Waals surface area contributed by atoms with E-state index in [0.717, 1.165) is 70.8 Å². The van der Waals surface area contributed by atoms with E-state index in [4.69, 9.17) is 11.6 Å². The zero-order chi connectivity index (χ0) is 28.3. The molecule has 40 heavy (non-hydrogen) atoms. The third-order valence-corrected chi connectivity index (χ3v) is 7.96. The number of benzene rings is 2. The second-order valence-corrected chi connectivity index (χ2v) is 10.8. The lowest BCUT2D eigenvalue weighted by molar-refractivity contribution is -0.107. The number of nitrogens with one attached hydrogen (secondary N) is 4. The number of aromatic nitrogens is 2. The van der Waals surface area contributed by atoms with Crippen molar-refractivity contribution in [2.24, 2.45) is 0 Å². The van der Waals surface area contributed by atoms with Crippen molar-refractivity contribution in [1.82, 2.24) is 15.3 Å². The van der Waals surface area contributed by atoms with Crippen molar-refractivity contribution in [1.29, 1.82) is 0 Å². The van der Waals surface area contributed by atoms with E-state index in [2.05, 4.69) is 32.5 Å². The zero-order valence-electron chi connectivity index (χ0n) is 22.7. The summed E-state index contributed by atoms with van der Waals surface area (Å²) in [6.45, 7) is 6.35. The highest BCUT2D eigenvalue weighted by molar-refractivity contribution is 6.33. The Morgan fingerprint density at radius 3 is 2.62 bits per heavy atom. The lowest BCUT2D eigenvalue weighted by atomic mass is 9.71. The van der Waals surface area contributed by atoms with Crippen LogP contribution in [0.15, 0.2) is 67.4 Å². The van der Waals surface area contributed by atoms with Gasteiger partial charge in [-0.05, 0) is 56.0 Å². The molecule has 3 heterocycles. The summed E-state index contributed by atoms with van der Waals surface area (Å²) in [5.41, 5.74) is 8.61. The molecule has 0 saturated heterocycles. The van der Waals surface area contributed by atoms with Crippen LogP contribution < -0.4 is 16.0 Å². The van der Waals surface area contributed by atoms with Gasteiger partial charge in [0.2, 0.25) is 0 Å². The fourth-order valence-electron chi connectivity index (χ4n) is 5.31. The molecule has 4 N–H and O–H groups in total. The van der Waals surface area contributed by atoms with Gasteiger partial charge in [-0.2, -0.15) is 0 Å². The average molecular weight is 558 g/mol. The molecule has 2 aliphatic rings. The van der Waals surface area contributed by atoms with Crippen LogP contribution in [-0.2, 0) is 17.6 Å². The summed E-state index contributed by atoms with van der Waals surface area (Å²) >= 11 is 6.25. The Morgan fingerprint density at radius 1 is 1.18 bits per heavy atom. The molecule has 4 aromatic rings. The van der Waals surface area contributed by atoms with Crippen molar-refractivity contribution in [2.45, 2.75) is 44.6 Å². The summed E-state index contributed by atoms with van der Waals surface area (Å²) in [5.74, 6) is 0.307. The molecular formula is C32H33ClFN5O. The van der Waals surface area contributed by atoms with Crippen LogP contribution in [0.25, 0.3) is 17.0 Å². The summed E-state index contributed by atoms with van der Waals surface area (Å²) in [6.07, 6.45) is 7.61. The van der Waals surface area contributed by atoms with E-state index in [-0.39, 0.29) is 10.6 Å². The highest BCUT2D eigenvalue weighted by Crippen LogP contribution is 2.47. The molecule has 1 saturated carbocycles. The Morgan fingerprint density at radius 2 is 1.95 bits per heavy atom. The molecule has 1 spiro atoms. The van der Waals surface area contributed by atoms with E-state index >= 15 is 0 Å². The predicted octanol–water partition coefficient (Wildman–Crippen LogP) is 7.43. The van der Waals surface area contributed by atoms with E-state index in [1.54, 1.807) is 18.3 Å². The van der Waals surface area contributed by atoms with Crippen LogP contribution in [0.5, 0.6) is 0 Å². The van der Waals surface area contributed by atoms with E-state index in [9.17, 15) is 9.18 Å². The molecule has 1 aliphatic carbocycles. The molecular weight excluding hydrogens is 525 g/mol.